The molecule has 7 heteroatoms. The fourth-order valence-corrected chi connectivity index (χ4v) is 2.74. The maximum Gasteiger partial charge on any atom is 0.260 e. The molecule has 2 N–H and O–H groups in total. The highest BCUT2D eigenvalue weighted by Crippen LogP contribution is 2.24. The smallest absolute Gasteiger partial charge is 0.260 e. The molecule has 1 unspecified atom stereocenters. The van der Waals surface area contributed by atoms with Crippen LogP contribution in [0, 0.1) is 11.6 Å². The molecule has 0 aliphatic rings. The Morgan fingerprint density at radius 2 is 1.80 bits per heavy atom. The lowest BCUT2D eigenvalue weighted by Gasteiger charge is -2.26. The van der Waals surface area contributed by atoms with E-state index < -0.39 is 17.7 Å². The number of benzene rings is 2. The van der Waals surface area contributed by atoms with E-state index in [-0.39, 0.29) is 23.6 Å². The summed E-state index contributed by atoms with van der Waals surface area (Å²) in [5.74, 6) is -0.965. The summed E-state index contributed by atoms with van der Waals surface area (Å²) in [6.45, 7) is 0.173. The minimum absolute atomic E-state index is 0.0249. The fraction of sp³-hybridized carbons (Fsp3) is 0.222. The molecule has 3 aromatic rings. The van der Waals surface area contributed by atoms with Crippen LogP contribution in [0.25, 0.3) is 10.9 Å². The molecule has 2 aromatic carbocycles. The van der Waals surface area contributed by atoms with E-state index in [1.807, 2.05) is 0 Å². The molecular weight excluding hydrogens is 326 g/mol. The number of aromatic nitrogens is 2. The van der Waals surface area contributed by atoms with Crippen molar-refractivity contribution in [2.75, 3.05) is 26.0 Å². The average molecular weight is 344 g/mol. The average Bonchev–Trinajstić information content (AvgIpc) is 2.57. The van der Waals surface area contributed by atoms with Crippen LogP contribution in [-0.4, -0.2) is 35.5 Å². The first-order chi connectivity index (χ1) is 12.0. The zero-order chi connectivity index (χ0) is 18.0. The van der Waals surface area contributed by atoms with Gasteiger partial charge in [0.2, 0.25) is 5.95 Å². The van der Waals surface area contributed by atoms with Crippen LogP contribution in [0.3, 0.4) is 0 Å². The molecule has 0 aliphatic heterocycles. The van der Waals surface area contributed by atoms with Gasteiger partial charge >= 0.3 is 0 Å². The van der Waals surface area contributed by atoms with Gasteiger partial charge in [-0.05, 0) is 38.4 Å². The summed E-state index contributed by atoms with van der Waals surface area (Å²) in [4.78, 5) is 20.8. The minimum atomic E-state index is -0.611. The van der Waals surface area contributed by atoms with Crippen molar-refractivity contribution in [3.05, 3.63) is 70.0 Å². The van der Waals surface area contributed by atoms with Gasteiger partial charge in [-0.25, -0.2) is 13.8 Å². The predicted octanol–water partition coefficient (Wildman–Crippen LogP) is 2.92. The number of nitrogens with zero attached hydrogens (tertiary/aromatic N) is 2. The van der Waals surface area contributed by atoms with Gasteiger partial charge in [-0.3, -0.25) is 9.78 Å². The van der Waals surface area contributed by atoms with Gasteiger partial charge in [0.05, 0.1) is 16.9 Å². The molecule has 1 aromatic heterocycles. The number of aromatic amines is 1. The number of anilines is 1. The molecule has 3 rings (SSSR count). The Balaban J connectivity index is 1.89. The fourth-order valence-electron chi connectivity index (χ4n) is 2.74. The summed E-state index contributed by atoms with van der Waals surface area (Å²) in [5, 5.41) is 3.45. The van der Waals surface area contributed by atoms with E-state index in [1.165, 1.54) is 18.2 Å². The Kier molecular flexibility index (Phi) is 4.76. The quantitative estimate of drug-likeness (QED) is 0.747. The third-order valence-electron chi connectivity index (χ3n) is 4.03. The molecule has 130 valence electrons. The van der Waals surface area contributed by atoms with Gasteiger partial charge in [-0.2, -0.15) is 0 Å². The number of rotatable bonds is 5. The van der Waals surface area contributed by atoms with Gasteiger partial charge in [-0.15, -0.1) is 0 Å². The van der Waals surface area contributed by atoms with E-state index in [2.05, 4.69) is 15.3 Å². The van der Waals surface area contributed by atoms with E-state index in [9.17, 15) is 13.6 Å². The van der Waals surface area contributed by atoms with Crippen molar-refractivity contribution in [2.24, 2.45) is 0 Å². The van der Waals surface area contributed by atoms with E-state index in [0.29, 0.717) is 10.9 Å². The zero-order valence-corrected chi connectivity index (χ0v) is 13.9. The third-order valence-corrected chi connectivity index (χ3v) is 4.03. The van der Waals surface area contributed by atoms with Gasteiger partial charge < -0.3 is 10.2 Å². The molecule has 5 nitrogen and oxygen atoms in total. The maximum atomic E-state index is 14.1. The Morgan fingerprint density at radius 1 is 1.12 bits per heavy atom. The van der Waals surface area contributed by atoms with Crippen LogP contribution >= 0.6 is 0 Å². The molecule has 0 saturated carbocycles. The van der Waals surface area contributed by atoms with Crippen molar-refractivity contribution in [1.82, 2.24) is 14.9 Å². The summed E-state index contributed by atoms with van der Waals surface area (Å²) in [6.07, 6.45) is 0. The Labute approximate surface area is 143 Å². The summed E-state index contributed by atoms with van der Waals surface area (Å²) in [5.41, 5.74) is 0.252. The second kappa shape index (κ2) is 6.98. The van der Waals surface area contributed by atoms with Crippen molar-refractivity contribution in [1.29, 1.82) is 0 Å². The molecule has 0 spiro atoms. The number of para-hydroxylation sites is 1. The second-order valence-electron chi connectivity index (χ2n) is 5.93. The van der Waals surface area contributed by atoms with E-state index in [1.54, 1.807) is 43.3 Å². The summed E-state index contributed by atoms with van der Waals surface area (Å²) in [6, 6.07) is 10.2. The highest BCUT2D eigenvalue weighted by molar-refractivity contribution is 5.78. The SMILES string of the molecule is CN(C)C(CNc1nc2ccccc2c(=O)[nH]1)c1c(F)cccc1F. The number of nitrogens with one attached hydrogen (secondary N) is 2. The van der Waals surface area contributed by atoms with Gasteiger partial charge in [0, 0.05) is 12.1 Å². The molecular formula is C18H18F2N4O. The summed E-state index contributed by atoms with van der Waals surface area (Å²) < 4.78 is 28.2. The number of halogens is 2. The third kappa shape index (κ3) is 3.51. The number of likely N-dealkylation sites (N-methyl/N-ethyl adjacent to an activating group) is 1. The highest BCUT2D eigenvalue weighted by atomic mass is 19.1. The van der Waals surface area contributed by atoms with Crippen LogP contribution in [-0.2, 0) is 0 Å². The highest BCUT2D eigenvalue weighted by Gasteiger charge is 2.22. The molecule has 0 amide bonds. The number of hydrogen-bond acceptors (Lipinski definition) is 4. The molecule has 0 aliphatic carbocycles. The topological polar surface area (TPSA) is 61.0 Å². The Hall–Kier alpha value is -2.80. The lowest BCUT2D eigenvalue weighted by molar-refractivity contribution is 0.295. The van der Waals surface area contributed by atoms with Crippen molar-refractivity contribution in [3.8, 4) is 0 Å². The van der Waals surface area contributed by atoms with Crippen molar-refractivity contribution >= 4 is 16.9 Å². The lowest BCUT2D eigenvalue weighted by Crippen LogP contribution is -2.29. The van der Waals surface area contributed by atoms with Gasteiger partial charge in [0.25, 0.3) is 5.56 Å². The predicted molar refractivity (Wildman–Crippen MR) is 93.6 cm³/mol. The molecule has 0 bridgehead atoms. The molecule has 1 atom stereocenters. The molecule has 1 heterocycles. The molecule has 25 heavy (non-hydrogen) atoms. The summed E-state index contributed by atoms with van der Waals surface area (Å²) in [7, 11) is 3.46. The van der Waals surface area contributed by atoms with Crippen molar-refractivity contribution < 1.29 is 8.78 Å². The van der Waals surface area contributed by atoms with Crippen LogP contribution < -0.4 is 10.9 Å². The normalized spacial score (nSPS) is 12.5. The molecule has 0 fully saturated rings. The minimum Gasteiger partial charge on any atom is -0.354 e. The first-order valence-corrected chi connectivity index (χ1v) is 7.80. The van der Waals surface area contributed by atoms with E-state index >= 15 is 0 Å². The van der Waals surface area contributed by atoms with Crippen LogP contribution in [0.2, 0.25) is 0 Å². The van der Waals surface area contributed by atoms with Crippen LogP contribution in [0.4, 0.5) is 14.7 Å². The van der Waals surface area contributed by atoms with Crippen LogP contribution in [0.1, 0.15) is 11.6 Å². The second-order valence-corrected chi connectivity index (χ2v) is 5.93. The first kappa shape index (κ1) is 17.0. The first-order valence-electron chi connectivity index (χ1n) is 7.80. The number of hydrogen-bond donors (Lipinski definition) is 2. The van der Waals surface area contributed by atoms with E-state index in [0.717, 1.165) is 0 Å². The van der Waals surface area contributed by atoms with Gasteiger partial charge in [-0.1, -0.05) is 18.2 Å². The van der Waals surface area contributed by atoms with Crippen molar-refractivity contribution in [3.63, 3.8) is 0 Å². The summed E-state index contributed by atoms with van der Waals surface area (Å²) >= 11 is 0. The number of fused-ring (bicyclic) bond motifs is 1. The molecule has 0 saturated heterocycles. The van der Waals surface area contributed by atoms with Crippen LogP contribution in [0.15, 0.2) is 47.3 Å². The van der Waals surface area contributed by atoms with Gasteiger partial charge in [0.1, 0.15) is 11.6 Å². The monoisotopic (exact) mass is 344 g/mol. The number of H-pyrrole nitrogens is 1. The zero-order valence-electron chi connectivity index (χ0n) is 13.9. The Morgan fingerprint density at radius 3 is 2.48 bits per heavy atom. The van der Waals surface area contributed by atoms with Crippen molar-refractivity contribution in [2.45, 2.75) is 6.04 Å². The lowest BCUT2D eigenvalue weighted by atomic mass is 10.0. The Bertz CT molecular complexity index is 935. The van der Waals surface area contributed by atoms with Gasteiger partial charge in [0.15, 0.2) is 0 Å². The largest absolute Gasteiger partial charge is 0.354 e. The molecule has 0 radical (unpaired) electrons. The van der Waals surface area contributed by atoms with E-state index in [4.69, 9.17) is 0 Å². The maximum absolute atomic E-state index is 14.1. The standard InChI is InChI=1S/C18H18F2N4O/c1-24(2)15(16-12(19)7-5-8-13(16)20)10-21-18-22-14-9-4-3-6-11(14)17(25)23-18/h3-9,15H,10H2,1-2H3,(H2,21,22,23,25). The van der Waals surface area contributed by atoms with Crippen LogP contribution in [0.5, 0.6) is 0 Å².